The Hall–Kier alpha value is -2.04. The van der Waals surface area contributed by atoms with Gasteiger partial charge in [-0.2, -0.15) is 0 Å². The minimum atomic E-state index is -1.09. The predicted octanol–water partition coefficient (Wildman–Crippen LogP) is 1.78. The van der Waals surface area contributed by atoms with Gasteiger partial charge in [0.05, 0.1) is 18.2 Å². The second-order valence-corrected chi connectivity index (χ2v) is 2.60. The van der Waals surface area contributed by atoms with E-state index in [0.29, 0.717) is 0 Å². The predicted molar refractivity (Wildman–Crippen MR) is 60.5 cm³/mol. The number of carbonyl (C=O) groups excluding carboxylic acids is 1. The average Bonchev–Trinajstić information content (AvgIpc) is 2.30. The fraction of sp³-hybridized carbons (Fsp3) is 0.273. The van der Waals surface area contributed by atoms with Crippen LogP contribution in [0.4, 0.5) is 5.69 Å². The third-order valence-corrected chi connectivity index (χ3v) is 1.70. The number of benzene rings is 1. The maximum atomic E-state index is 11.1. The van der Waals surface area contributed by atoms with Gasteiger partial charge in [-0.3, -0.25) is 0 Å². The second-order valence-electron chi connectivity index (χ2n) is 2.60. The Morgan fingerprint density at radius 1 is 1.31 bits per heavy atom. The van der Waals surface area contributed by atoms with E-state index in [1.165, 1.54) is 25.3 Å². The Kier molecular flexibility index (Phi) is 5.62. The molecule has 0 radical (unpaired) electrons. The molecule has 0 bridgehead atoms. The molecule has 0 saturated heterocycles. The molecule has 0 amide bonds. The van der Waals surface area contributed by atoms with E-state index in [1.54, 1.807) is 0 Å². The van der Waals surface area contributed by atoms with E-state index in [1.807, 2.05) is 13.8 Å². The van der Waals surface area contributed by atoms with Crippen molar-refractivity contribution in [3.05, 3.63) is 29.3 Å². The molecule has 0 unspecified atom stereocenters. The summed E-state index contributed by atoms with van der Waals surface area (Å²) >= 11 is 0. The van der Waals surface area contributed by atoms with Gasteiger partial charge in [0.2, 0.25) is 0 Å². The van der Waals surface area contributed by atoms with Crippen LogP contribution in [0.2, 0.25) is 0 Å². The van der Waals surface area contributed by atoms with Crippen molar-refractivity contribution in [3.63, 3.8) is 0 Å². The smallest absolute Gasteiger partial charge is 0.339 e. The SMILES string of the molecule is CC.COC(=O)c1ccc(C(=O)O)cc1N. The Bertz CT molecular complexity index is 388. The van der Waals surface area contributed by atoms with Gasteiger partial charge in [-0.1, -0.05) is 13.8 Å². The van der Waals surface area contributed by atoms with Crippen molar-refractivity contribution in [1.29, 1.82) is 0 Å². The van der Waals surface area contributed by atoms with Crippen LogP contribution in [0.25, 0.3) is 0 Å². The molecule has 0 aromatic heterocycles. The van der Waals surface area contributed by atoms with Gasteiger partial charge in [0, 0.05) is 5.69 Å². The summed E-state index contributed by atoms with van der Waals surface area (Å²) in [6.45, 7) is 4.00. The third-order valence-electron chi connectivity index (χ3n) is 1.70. The van der Waals surface area contributed by atoms with Crippen molar-refractivity contribution in [2.75, 3.05) is 12.8 Å². The molecule has 0 aliphatic rings. The lowest BCUT2D eigenvalue weighted by molar-refractivity contribution is 0.0600. The number of methoxy groups -OCH3 is 1. The summed E-state index contributed by atoms with van der Waals surface area (Å²) in [6, 6.07) is 3.84. The number of carboxylic acids is 1. The van der Waals surface area contributed by atoms with Crippen LogP contribution < -0.4 is 5.73 Å². The highest BCUT2D eigenvalue weighted by Gasteiger charge is 2.12. The molecular formula is C11H15NO4. The molecule has 16 heavy (non-hydrogen) atoms. The van der Waals surface area contributed by atoms with Gasteiger partial charge in [-0.25, -0.2) is 9.59 Å². The Balaban J connectivity index is 0.00000106. The van der Waals surface area contributed by atoms with E-state index in [4.69, 9.17) is 10.8 Å². The van der Waals surface area contributed by atoms with Gasteiger partial charge < -0.3 is 15.6 Å². The Morgan fingerprint density at radius 2 is 1.88 bits per heavy atom. The highest BCUT2D eigenvalue weighted by Crippen LogP contribution is 2.15. The van der Waals surface area contributed by atoms with Crippen LogP contribution in [-0.4, -0.2) is 24.2 Å². The largest absolute Gasteiger partial charge is 0.478 e. The number of anilines is 1. The lowest BCUT2D eigenvalue weighted by Crippen LogP contribution is -2.07. The van der Waals surface area contributed by atoms with Crippen molar-refractivity contribution in [2.24, 2.45) is 0 Å². The lowest BCUT2D eigenvalue weighted by atomic mass is 10.1. The summed E-state index contributed by atoms with van der Waals surface area (Å²) in [5.41, 5.74) is 5.77. The monoisotopic (exact) mass is 225 g/mol. The molecule has 0 heterocycles. The fourth-order valence-electron chi connectivity index (χ4n) is 0.992. The van der Waals surface area contributed by atoms with Gasteiger partial charge in [0.15, 0.2) is 0 Å². The fourth-order valence-corrected chi connectivity index (χ4v) is 0.992. The highest BCUT2D eigenvalue weighted by atomic mass is 16.5. The number of hydrogen-bond acceptors (Lipinski definition) is 4. The molecule has 88 valence electrons. The van der Waals surface area contributed by atoms with E-state index in [2.05, 4.69) is 4.74 Å². The van der Waals surface area contributed by atoms with Crippen LogP contribution in [0.5, 0.6) is 0 Å². The van der Waals surface area contributed by atoms with Crippen LogP contribution in [0.1, 0.15) is 34.6 Å². The van der Waals surface area contributed by atoms with Gasteiger partial charge >= 0.3 is 11.9 Å². The molecule has 0 fully saturated rings. The van der Waals surface area contributed by atoms with Crippen molar-refractivity contribution < 1.29 is 19.4 Å². The molecule has 0 saturated carbocycles. The maximum Gasteiger partial charge on any atom is 0.339 e. The standard InChI is InChI=1S/C9H9NO4.C2H6/c1-14-9(13)6-3-2-5(8(11)12)4-7(6)10;1-2/h2-4H,10H2,1H3,(H,11,12);1-2H3. The zero-order valence-corrected chi connectivity index (χ0v) is 9.48. The number of ether oxygens (including phenoxy) is 1. The number of hydrogen-bond donors (Lipinski definition) is 2. The number of carboxylic acid groups (broad SMARTS) is 1. The normalized spacial score (nSPS) is 8.69. The minimum Gasteiger partial charge on any atom is -0.478 e. The Morgan fingerprint density at radius 3 is 2.25 bits per heavy atom. The van der Waals surface area contributed by atoms with E-state index in [-0.39, 0.29) is 16.8 Å². The second kappa shape index (κ2) is 6.44. The quantitative estimate of drug-likeness (QED) is 0.591. The number of nitrogen functional groups attached to an aromatic ring is 1. The van der Waals surface area contributed by atoms with Crippen LogP contribution in [0, 0.1) is 0 Å². The lowest BCUT2D eigenvalue weighted by Gasteiger charge is -2.03. The summed E-state index contributed by atoms with van der Waals surface area (Å²) in [5.74, 6) is -1.67. The summed E-state index contributed by atoms with van der Waals surface area (Å²) in [7, 11) is 1.23. The number of aromatic carboxylic acids is 1. The molecule has 3 N–H and O–H groups in total. The molecule has 1 aromatic carbocycles. The summed E-state index contributed by atoms with van der Waals surface area (Å²) in [6.07, 6.45) is 0. The molecule has 0 aliphatic heterocycles. The van der Waals surface area contributed by atoms with Crippen molar-refractivity contribution in [3.8, 4) is 0 Å². The first-order valence-electron chi connectivity index (χ1n) is 4.77. The van der Waals surface area contributed by atoms with Crippen molar-refractivity contribution >= 4 is 17.6 Å². The highest BCUT2D eigenvalue weighted by molar-refractivity contribution is 5.97. The van der Waals surface area contributed by atoms with Crippen molar-refractivity contribution in [2.45, 2.75) is 13.8 Å². The van der Waals surface area contributed by atoms with E-state index in [0.717, 1.165) is 0 Å². The Labute approximate surface area is 93.8 Å². The summed E-state index contributed by atoms with van der Waals surface area (Å²) in [5, 5.41) is 8.62. The van der Waals surface area contributed by atoms with Gasteiger partial charge in [0.25, 0.3) is 0 Å². The molecule has 1 aromatic rings. The minimum absolute atomic E-state index is 0.0372. The van der Waals surface area contributed by atoms with E-state index < -0.39 is 11.9 Å². The first kappa shape index (κ1) is 14.0. The van der Waals surface area contributed by atoms with Crippen LogP contribution in [0.15, 0.2) is 18.2 Å². The molecule has 0 aliphatic carbocycles. The number of esters is 1. The topological polar surface area (TPSA) is 89.6 Å². The van der Waals surface area contributed by atoms with Crippen LogP contribution in [0.3, 0.4) is 0 Å². The van der Waals surface area contributed by atoms with E-state index in [9.17, 15) is 9.59 Å². The number of rotatable bonds is 2. The maximum absolute atomic E-state index is 11.1. The van der Waals surface area contributed by atoms with Gasteiger partial charge in [-0.05, 0) is 18.2 Å². The summed E-state index contributed by atoms with van der Waals surface area (Å²) < 4.78 is 4.45. The molecule has 5 heteroatoms. The zero-order chi connectivity index (χ0) is 12.7. The van der Waals surface area contributed by atoms with E-state index >= 15 is 0 Å². The first-order valence-corrected chi connectivity index (χ1v) is 4.77. The molecule has 5 nitrogen and oxygen atoms in total. The molecule has 1 rings (SSSR count). The summed E-state index contributed by atoms with van der Waals surface area (Å²) in [4.78, 5) is 21.6. The van der Waals surface area contributed by atoms with Crippen LogP contribution in [-0.2, 0) is 4.74 Å². The van der Waals surface area contributed by atoms with Crippen molar-refractivity contribution in [1.82, 2.24) is 0 Å². The molecule has 0 spiro atoms. The average molecular weight is 225 g/mol. The number of nitrogens with two attached hydrogens (primary N) is 1. The van der Waals surface area contributed by atoms with Crippen LogP contribution >= 0.6 is 0 Å². The molecule has 0 atom stereocenters. The first-order chi connectivity index (χ1) is 7.56. The zero-order valence-electron chi connectivity index (χ0n) is 9.48. The van der Waals surface area contributed by atoms with Gasteiger partial charge in [-0.15, -0.1) is 0 Å². The number of carbonyl (C=O) groups is 2. The van der Waals surface area contributed by atoms with Gasteiger partial charge in [0.1, 0.15) is 0 Å². The third kappa shape index (κ3) is 3.27. The molecular weight excluding hydrogens is 210 g/mol.